The normalized spacial score (nSPS) is 17.9. The maximum atomic E-state index is 6.72. The van der Waals surface area contributed by atoms with Crippen LogP contribution in [0.25, 0.3) is 0 Å². The Labute approximate surface area is 129 Å². The maximum absolute atomic E-state index is 6.72. The van der Waals surface area contributed by atoms with Crippen molar-refractivity contribution in [1.29, 1.82) is 0 Å². The molecule has 1 aliphatic heterocycles. The van der Waals surface area contributed by atoms with Crippen molar-refractivity contribution < 1.29 is 4.74 Å². The van der Waals surface area contributed by atoms with Gasteiger partial charge in [-0.3, -0.25) is 4.90 Å². The highest BCUT2D eigenvalue weighted by Gasteiger charge is 2.40. The molecule has 0 amide bonds. The average molecular weight is 290 g/mol. The summed E-state index contributed by atoms with van der Waals surface area (Å²) in [4.78, 5) is 2.62. The van der Waals surface area contributed by atoms with E-state index in [9.17, 15) is 0 Å². The zero-order chi connectivity index (χ0) is 15.3. The molecule has 0 bridgehead atoms. The minimum Gasteiger partial charge on any atom is -0.494 e. The Balaban J connectivity index is 2.22. The third-order valence-electron chi connectivity index (χ3n) is 5.09. The van der Waals surface area contributed by atoms with E-state index >= 15 is 0 Å². The largest absolute Gasteiger partial charge is 0.494 e. The van der Waals surface area contributed by atoms with E-state index in [2.05, 4.69) is 30.9 Å². The van der Waals surface area contributed by atoms with Crippen LogP contribution in [-0.4, -0.2) is 30.1 Å². The summed E-state index contributed by atoms with van der Waals surface area (Å²) in [5.41, 5.74) is 8.02. The summed E-state index contributed by atoms with van der Waals surface area (Å²) in [7, 11) is 0. The predicted octanol–water partition coefficient (Wildman–Crippen LogP) is 3.74. The van der Waals surface area contributed by atoms with E-state index in [-0.39, 0.29) is 11.6 Å². The standard InChI is InChI=1S/C18H30N2O/c1-4-18(5-2,20-13-7-8-14-20)17(19)15-9-11-16(12-10-15)21-6-3/h9-12,17H,4-8,13-14,19H2,1-3H3. The summed E-state index contributed by atoms with van der Waals surface area (Å²) in [6, 6.07) is 8.40. The summed E-state index contributed by atoms with van der Waals surface area (Å²) < 4.78 is 5.53. The lowest BCUT2D eigenvalue weighted by Crippen LogP contribution is -2.53. The van der Waals surface area contributed by atoms with Crippen LogP contribution in [0.1, 0.15) is 58.1 Å². The van der Waals surface area contributed by atoms with Gasteiger partial charge in [-0.15, -0.1) is 0 Å². The minimum atomic E-state index is 0.0567. The van der Waals surface area contributed by atoms with Crippen molar-refractivity contribution in [2.24, 2.45) is 5.73 Å². The molecular weight excluding hydrogens is 260 g/mol. The molecule has 118 valence electrons. The molecule has 1 saturated heterocycles. The first-order valence-electron chi connectivity index (χ1n) is 8.41. The highest BCUT2D eigenvalue weighted by atomic mass is 16.5. The van der Waals surface area contributed by atoms with Crippen molar-refractivity contribution in [2.75, 3.05) is 19.7 Å². The van der Waals surface area contributed by atoms with Crippen molar-refractivity contribution in [1.82, 2.24) is 4.90 Å². The van der Waals surface area contributed by atoms with E-state index in [0.717, 1.165) is 18.6 Å². The van der Waals surface area contributed by atoms with Crippen LogP contribution in [0.2, 0.25) is 0 Å². The second kappa shape index (κ2) is 7.28. The van der Waals surface area contributed by atoms with Crippen LogP contribution in [-0.2, 0) is 0 Å². The fourth-order valence-electron chi connectivity index (χ4n) is 3.74. The van der Waals surface area contributed by atoms with Crippen molar-refractivity contribution in [3.63, 3.8) is 0 Å². The first kappa shape index (κ1) is 16.3. The van der Waals surface area contributed by atoms with Gasteiger partial charge in [0.15, 0.2) is 0 Å². The molecule has 0 aliphatic carbocycles. The first-order chi connectivity index (χ1) is 10.2. The van der Waals surface area contributed by atoms with Gasteiger partial charge in [0.2, 0.25) is 0 Å². The third-order valence-corrected chi connectivity index (χ3v) is 5.09. The van der Waals surface area contributed by atoms with Crippen LogP contribution in [0.5, 0.6) is 5.75 Å². The van der Waals surface area contributed by atoms with Gasteiger partial charge >= 0.3 is 0 Å². The lowest BCUT2D eigenvalue weighted by Gasteiger charge is -2.45. The van der Waals surface area contributed by atoms with Crippen LogP contribution in [0.15, 0.2) is 24.3 Å². The van der Waals surface area contributed by atoms with Gasteiger partial charge in [-0.25, -0.2) is 0 Å². The number of nitrogens with zero attached hydrogens (tertiary/aromatic N) is 1. The molecule has 1 unspecified atom stereocenters. The van der Waals surface area contributed by atoms with Gasteiger partial charge in [0.1, 0.15) is 5.75 Å². The molecule has 1 aliphatic rings. The Morgan fingerprint density at radius 2 is 1.67 bits per heavy atom. The second-order valence-electron chi connectivity index (χ2n) is 5.98. The van der Waals surface area contributed by atoms with Crippen LogP contribution in [0.3, 0.4) is 0 Å². The molecule has 2 rings (SSSR count). The molecule has 0 spiro atoms. The molecule has 1 atom stereocenters. The molecule has 0 aromatic heterocycles. The topological polar surface area (TPSA) is 38.5 Å². The Bertz CT molecular complexity index is 419. The van der Waals surface area contributed by atoms with Crippen molar-refractivity contribution in [2.45, 2.75) is 58.0 Å². The summed E-state index contributed by atoms with van der Waals surface area (Å²) in [6.07, 6.45) is 4.80. The van der Waals surface area contributed by atoms with Gasteiger partial charge in [0.05, 0.1) is 6.61 Å². The quantitative estimate of drug-likeness (QED) is 0.831. The highest BCUT2D eigenvalue weighted by molar-refractivity contribution is 5.31. The molecule has 3 heteroatoms. The van der Waals surface area contributed by atoms with Crippen molar-refractivity contribution >= 4 is 0 Å². The van der Waals surface area contributed by atoms with E-state index in [1.54, 1.807) is 0 Å². The van der Waals surface area contributed by atoms with Crippen LogP contribution < -0.4 is 10.5 Å². The predicted molar refractivity (Wildman–Crippen MR) is 88.7 cm³/mol. The molecule has 0 radical (unpaired) electrons. The zero-order valence-electron chi connectivity index (χ0n) is 13.8. The Morgan fingerprint density at radius 3 is 2.14 bits per heavy atom. The number of hydrogen-bond donors (Lipinski definition) is 1. The number of hydrogen-bond acceptors (Lipinski definition) is 3. The van der Waals surface area contributed by atoms with Crippen molar-refractivity contribution in [3.8, 4) is 5.75 Å². The fourth-order valence-corrected chi connectivity index (χ4v) is 3.74. The zero-order valence-corrected chi connectivity index (χ0v) is 13.8. The Morgan fingerprint density at radius 1 is 1.10 bits per heavy atom. The minimum absolute atomic E-state index is 0.0567. The number of nitrogens with two attached hydrogens (primary N) is 1. The van der Waals surface area contributed by atoms with Gasteiger partial charge in [-0.1, -0.05) is 26.0 Å². The number of benzene rings is 1. The number of ether oxygens (including phenoxy) is 1. The summed E-state index contributed by atoms with van der Waals surface area (Å²) in [6.45, 7) is 9.63. The lowest BCUT2D eigenvalue weighted by atomic mass is 9.80. The van der Waals surface area contributed by atoms with Crippen LogP contribution in [0, 0.1) is 0 Å². The Kier molecular flexibility index (Phi) is 5.65. The molecule has 1 heterocycles. The second-order valence-corrected chi connectivity index (χ2v) is 5.98. The molecule has 3 nitrogen and oxygen atoms in total. The van der Waals surface area contributed by atoms with Gasteiger partial charge < -0.3 is 10.5 Å². The lowest BCUT2D eigenvalue weighted by molar-refractivity contribution is 0.0766. The Hall–Kier alpha value is -1.06. The smallest absolute Gasteiger partial charge is 0.119 e. The van der Waals surface area contributed by atoms with Gasteiger partial charge in [0, 0.05) is 11.6 Å². The SMILES string of the molecule is CCOc1ccc(C(N)C(CC)(CC)N2CCCC2)cc1. The summed E-state index contributed by atoms with van der Waals surface area (Å²) >= 11 is 0. The van der Waals surface area contributed by atoms with Gasteiger partial charge in [-0.05, 0) is 63.4 Å². The molecule has 1 aromatic rings. The molecule has 0 saturated carbocycles. The monoisotopic (exact) mass is 290 g/mol. The van der Waals surface area contributed by atoms with E-state index in [4.69, 9.17) is 10.5 Å². The van der Waals surface area contributed by atoms with Crippen LogP contribution >= 0.6 is 0 Å². The van der Waals surface area contributed by atoms with Crippen LogP contribution in [0.4, 0.5) is 0 Å². The third kappa shape index (κ3) is 3.24. The van der Waals surface area contributed by atoms with E-state index < -0.39 is 0 Å². The van der Waals surface area contributed by atoms with E-state index in [0.29, 0.717) is 6.61 Å². The molecule has 1 fully saturated rings. The number of likely N-dealkylation sites (tertiary alicyclic amines) is 1. The maximum Gasteiger partial charge on any atom is 0.119 e. The van der Waals surface area contributed by atoms with E-state index in [1.165, 1.54) is 31.5 Å². The highest BCUT2D eigenvalue weighted by Crippen LogP contribution is 2.38. The van der Waals surface area contributed by atoms with Gasteiger partial charge in [-0.2, -0.15) is 0 Å². The van der Waals surface area contributed by atoms with Crippen molar-refractivity contribution in [3.05, 3.63) is 29.8 Å². The summed E-state index contributed by atoms with van der Waals surface area (Å²) in [5.74, 6) is 0.924. The molecular formula is C18H30N2O. The molecule has 1 aromatic carbocycles. The summed E-state index contributed by atoms with van der Waals surface area (Å²) in [5, 5.41) is 0. The molecule has 2 N–H and O–H groups in total. The molecule has 21 heavy (non-hydrogen) atoms. The van der Waals surface area contributed by atoms with Gasteiger partial charge in [0.25, 0.3) is 0 Å². The first-order valence-corrected chi connectivity index (χ1v) is 8.41. The van der Waals surface area contributed by atoms with E-state index in [1.807, 2.05) is 19.1 Å². The fraction of sp³-hybridized carbons (Fsp3) is 0.667. The number of rotatable bonds is 7. The average Bonchev–Trinajstić information content (AvgIpc) is 3.05.